The Labute approximate surface area is 93.5 Å². The van der Waals surface area contributed by atoms with Gasteiger partial charge in [-0.1, -0.05) is 23.7 Å². The molecule has 0 unspecified atom stereocenters. The Balaban J connectivity index is 2.49. The number of benzene rings is 1. The molecule has 0 aliphatic rings. The number of hydrogen-bond donors (Lipinski definition) is 0. The van der Waals surface area contributed by atoms with E-state index in [9.17, 15) is 0 Å². The Kier molecular flexibility index (Phi) is 2.88. The summed E-state index contributed by atoms with van der Waals surface area (Å²) in [6, 6.07) is 11.4. The molecule has 3 heteroatoms. The molecule has 0 bridgehead atoms. The fraction of sp³-hybridized carbons (Fsp3) is 0.0833. The molecule has 1 aromatic heterocycles. The van der Waals surface area contributed by atoms with E-state index in [4.69, 9.17) is 16.3 Å². The van der Waals surface area contributed by atoms with Gasteiger partial charge in [0.1, 0.15) is 0 Å². The Bertz CT molecular complexity index is 453. The minimum absolute atomic E-state index is 0.625. The molecule has 15 heavy (non-hydrogen) atoms. The second kappa shape index (κ2) is 4.32. The van der Waals surface area contributed by atoms with Crippen molar-refractivity contribution in [3.8, 4) is 17.0 Å². The fourth-order valence-electron chi connectivity index (χ4n) is 1.40. The zero-order chi connectivity index (χ0) is 10.7. The first kappa shape index (κ1) is 9.99. The minimum Gasteiger partial charge on any atom is -0.481 e. The molecule has 0 N–H and O–H groups in total. The first-order valence-electron chi connectivity index (χ1n) is 4.56. The smallest absolute Gasteiger partial charge is 0.221 e. The van der Waals surface area contributed by atoms with Gasteiger partial charge in [0.25, 0.3) is 0 Å². The van der Waals surface area contributed by atoms with Gasteiger partial charge in [-0.25, -0.2) is 4.98 Å². The summed E-state index contributed by atoms with van der Waals surface area (Å²) in [6.45, 7) is 0. The van der Waals surface area contributed by atoms with Crippen LogP contribution in [-0.2, 0) is 0 Å². The molecule has 1 aromatic carbocycles. The zero-order valence-electron chi connectivity index (χ0n) is 8.27. The summed E-state index contributed by atoms with van der Waals surface area (Å²) in [5.41, 5.74) is 2.01. The summed E-state index contributed by atoms with van der Waals surface area (Å²) in [4.78, 5) is 4.14. The normalized spacial score (nSPS) is 10.0. The van der Waals surface area contributed by atoms with Crippen molar-refractivity contribution in [2.24, 2.45) is 0 Å². The van der Waals surface area contributed by atoms with E-state index in [0.29, 0.717) is 5.88 Å². The lowest BCUT2D eigenvalue weighted by Crippen LogP contribution is -1.90. The molecule has 0 aliphatic carbocycles. The van der Waals surface area contributed by atoms with Crippen molar-refractivity contribution in [2.45, 2.75) is 0 Å². The Morgan fingerprint density at radius 2 is 1.87 bits per heavy atom. The van der Waals surface area contributed by atoms with Crippen molar-refractivity contribution in [3.05, 3.63) is 47.6 Å². The predicted octanol–water partition coefficient (Wildman–Crippen LogP) is 3.41. The van der Waals surface area contributed by atoms with Crippen LogP contribution >= 0.6 is 11.6 Å². The van der Waals surface area contributed by atoms with E-state index < -0.39 is 0 Å². The van der Waals surface area contributed by atoms with Crippen LogP contribution in [0.25, 0.3) is 11.1 Å². The highest BCUT2D eigenvalue weighted by atomic mass is 35.5. The van der Waals surface area contributed by atoms with Crippen molar-refractivity contribution >= 4 is 11.6 Å². The molecule has 0 radical (unpaired) electrons. The second-order valence-corrected chi connectivity index (χ2v) is 3.50. The van der Waals surface area contributed by atoms with Gasteiger partial charge in [0.15, 0.2) is 0 Å². The van der Waals surface area contributed by atoms with Crippen LogP contribution < -0.4 is 4.74 Å². The largest absolute Gasteiger partial charge is 0.481 e. The van der Waals surface area contributed by atoms with Gasteiger partial charge in [0, 0.05) is 16.8 Å². The molecule has 0 saturated carbocycles. The SMILES string of the molecule is COc1ncccc1-c1ccc(Cl)cc1. The summed E-state index contributed by atoms with van der Waals surface area (Å²) in [6.07, 6.45) is 1.71. The Morgan fingerprint density at radius 3 is 2.53 bits per heavy atom. The third kappa shape index (κ3) is 2.10. The minimum atomic E-state index is 0.625. The van der Waals surface area contributed by atoms with Crippen LogP contribution in [0.15, 0.2) is 42.6 Å². The van der Waals surface area contributed by atoms with Gasteiger partial charge in [-0.3, -0.25) is 0 Å². The summed E-state index contributed by atoms with van der Waals surface area (Å²) < 4.78 is 5.19. The van der Waals surface area contributed by atoms with Gasteiger partial charge in [-0.05, 0) is 29.8 Å². The highest BCUT2D eigenvalue weighted by Crippen LogP contribution is 2.28. The van der Waals surface area contributed by atoms with Crippen molar-refractivity contribution in [1.29, 1.82) is 0 Å². The fourth-order valence-corrected chi connectivity index (χ4v) is 1.53. The lowest BCUT2D eigenvalue weighted by molar-refractivity contribution is 0.399. The molecule has 2 nitrogen and oxygen atoms in total. The van der Waals surface area contributed by atoms with E-state index in [1.807, 2.05) is 36.4 Å². The van der Waals surface area contributed by atoms with E-state index in [1.54, 1.807) is 13.3 Å². The van der Waals surface area contributed by atoms with Crippen LogP contribution in [0.2, 0.25) is 5.02 Å². The third-order valence-electron chi connectivity index (χ3n) is 2.12. The molecule has 0 saturated heterocycles. The van der Waals surface area contributed by atoms with Crippen LogP contribution in [0, 0.1) is 0 Å². The van der Waals surface area contributed by atoms with Crippen LogP contribution in [0.1, 0.15) is 0 Å². The lowest BCUT2D eigenvalue weighted by atomic mass is 10.1. The molecule has 0 aliphatic heterocycles. The van der Waals surface area contributed by atoms with Gasteiger partial charge >= 0.3 is 0 Å². The van der Waals surface area contributed by atoms with E-state index in [2.05, 4.69) is 4.98 Å². The highest BCUT2D eigenvalue weighted by molar-refractivity contribution is 6.30. The maximum Gasteiger partial charge on any atom is 0.221 e. The predicted molar refractivity (Wildman–Crippen MR) is 61.2 cm³/mol. The molecular formula is C12H10ClNO. The quantitative estimate of drug-likeness (QED) is 0.772. The number of halogens is 1. The second-order valence-electron chi connectivity index (χ2n) is 3.07. The molecule has 2 rings (SSSR count). The van der Waals surface area contributed by atoms with Crippen LogP contribution in [0.3, 0.4) is 0 Å². The first-order chi connectivity index (χ1) is 7.31. The number of nitrogens with zero attached hydrogens (tertiary/aromatic N) is 1. The first-order valence-corrected chi connectivity index (χ1v) is 4.94. The number of pyridine rings is 1. The topological polar surface area (TPSA) is 22.1 Å². The third-order valence-corrected chi connectivity index (χ3v) is 2.37. The van der Waals surface area contributed by atoms with Gasteiger partial charge in [-0.15, -0.1) is 0 Å². The molecular weight excluding hydrogens is 210 g/mol. The van der Waals surface area contributed by atoms with E-state index in [1.165, 1.54) is 0 Å². The average molecular weight is 220 g/mol. The molecule has 2 aromatic rings. The van der Waals surface area contributed by atoms with Gasteiger partial charge in [0.05, 0.1) is 7.11 Å². The number of ether oxygens (including phenoxy) is 1. The number of hydrogen-bond acceptors (Lipinski definition) is 2. The Hall–Kier alpha value is -1.54. The number of methoxy groups -OCH3 is 1. The molecule has 0 atom stereocenters. The van der Waals surface area contributed by atoms with Crippen LogP contribution in [-0.4, -0.2) is 12.1 Å². The van der Waals surface area contributed by atoms with Gasteiger partial charge in [-0.2, -0.15) is 0 Å². The van der Waals surface area contributed by atoms with Crippen molar-refractivity contribution in [1.82, 2.24) is 4.98 Å². The highest BCUT2D eigenvalue weighted by Gasteiger charge is 2.05. The van der Waals surface area contributed by atoms with E-state index in [0.717, 1.165) is 16.1 Å². The van der Waals surface area contributed by atoms with E-state index >= 15 is 0 Å². The number of rotatable bonds is 2. The van der Waals surface area contributed by atoms with Crippen molar-refractivity contribution in [3.63, 3.8) is 0 Å². The molecule has 76 valence electrons. The monoisotopic (exact) mass is 219 g/mol. The summed E-state index contributed by atoms with van der Waals surface area (Å²) >= 11 is 5.83. The molecule has 0 fully saturated rings. The maximum absolute atomic E-state index is 5.83. The zero-order valence-corrected chi connectivity index (χ0v) is 9.03. The van der Waals surface area contributed by atoms with Crippen molar-refractivity contribution in [2.75, 3.05) is 7.11 Å². The maximum atomic E-state index is 5.83. The standard InChI is InChI=1S/C12H10ClNO/c1-15-12-11(3-2-8-14-12)9-4-6-10(13)7-5-9/h2-8H,1H3. The van der Waals surface area contributed by atoms with Gasteiger partial charge in [0.2, 0.25) is 5.88 Å². The summed E-state index contributed by atoms with van der Waals surface area (Å²) in [7, 11) is 1.61. The Morgan fingerprint density at radius 1 is 1.13 bits per heavy atom. The molecule has 0 amide bonds. The number of aromatic nitrogens is 1. The van der Waals surface area contributed by atoms with E-state index in [-0.39, 0.29) is 0 Å². The summed E-state index contributed by atoms with van der Waals surface area (Å²) in [5.74, 6) is 0.625. The van der Waals surface area contributed by atoms with Crippen LogP contribution in [0.4, 0.5) is 0 Å². The van der Waals surface area contributed by atoms with Crippen molar-refractivity contribution < 1.29 is 4.74 Å². The van der Waals surface area contributed by atoms with Crippen LogP contribution in [0.5, 0.6) is 5.88 Å². The molecule has 1 heterocycles. The molecule has 0 spiro atoms. The lowest BCUT2D eigenvalue weighted by Gasteiger charge is -2.06. The summed E-state index contributed by atoms with van der Waals surface area (Å²) in [5, 5.41) is 0.724. The van der Waals surface area contributed by atoms with Gasteiger partial charge < -0.3 is 4.74 Å². The average Bonchev–Trinajstić information content (AvgIpc) is 2.30.